The number of carbonyl (C=O) groups is 2. The summed E-state index contributed by atoms with van der Waals surface area (Å²) in [5.41, 5.74) is 3.31. The molecule has 0 saturated carbocycles. The predicted octanol–water partition coefficient (Wildman–Crippen LogP) is 3.07. The molecule has 33 heavy (non-hydrogen) atoms. The minimum Gasteiger partial charge on any atom is -0.507 e. The monoisotopic (exact) mass is 450 g/mol. The van der Waals surface area contributed by atoms with E-state index >= 15 is 0 Å². The van der Waals surface area contributed by atoms with Crippen molar-refractivity contribution in [1.82, 2.24) is 9.80 Å². The van der Waals surface area contributed by atoms with E-state index in [4.69, 9.17) is 9.47 Å². The number of morpholine rings is 1. The van der Waals surface area contributed by atoms with Crippen LogP contribution in [0.2, 0.25) is 0 Å². The van der Waals surface area contributed by atoms with Crippen LogP contribution in [0.25, 0.3) is 5.76 Å². The van der Waals surface area contributed by atoms with Crippen molar-refractivity contribution in [2.24, 2.45) is 0 Å². The quantitative estimate of drug-likeness (QED) is 0.414. The molecule has 4 rings (SSSR count). The van der Waals surface area contributed by atoms with Crippen molar-refractivity contribution in [3.8, 4) is 5.75 Å². The molecule has 174 valence electrons. The van der Waals surface area contributed by atoms with Gasteiger partial charge < -0.3 is 19.5 Å². The van der Waals surface area contributed by atoms with Gasteiger partial charge in [-0.15, -0.1) is 0 Å². The van der Waals surface area contributed by atoms with E-state index in [-0.39, 0.29) is 11.3 Å². The van der Waals surface area contributed by atoms with E-state index in [9.17, 15) is 14.7 Å². The number of ketones is 1. The fraction of sp³-hybridized carbons (Fsp3) is 0.385. The number of aryl methyl sites for hydroxylation is 2. The summed E-state index contributed by atoms with van der Waals surface area (Å²) in [6.07, 6.45) is 0. The minimum atomic E-state index is -0.659. The van der Waals surface area contributed by atoms with Gasteiger partial charge in [0.2, 0.25) is 0 Å². The van der Waals surface area contributed by atoms with E-state index in [0.29, 0.717) is 37.6 Å². The molecule has 1 N–H and O–H groups in total. The summed E-state index contributed by atoms with van der Waals surface area (Å²) in [5.74, 6) is -0.722. The van der Waals surface area contributed by atoms with Gasteiger partial charge in [-0.3, -0.25) is 14.5 Å². The van der Waals surface area contributed by atoms with E-state index in [1.54, 1.807) is 30.2 Å². The molecular formula is C26H30N2O5. The molecule has 2 saturated heterocycles. The second kappa shape index (κ2) is 9.77. The van der Waals surface area contributed by atoms with Crippen LogP contribution in [0.4, 0.5) is 0 Å². The highest BCUT2D eigenvalue weighted by Gasteiger charge is 2.46. The molecule has 7 nitrogen and oxygen atoms in total. The van der Waals surface area contributed by atoms with Gasteiger partial charge in [0, 0.05) is 31.7 Å². The molecule has 2 aromatic rings. The molecule has 2 aliphatic rings. The molecule has 1 unspecified atom stereocenters. The van der Waals surface area contributed by atoms with Gasteiger partial charge in [-0.1, -0.05) is 29.8 Å². The first-order valence-electron chi connectivity index (χ1n) is 11.2. The Bertz CT molecular complexity index is 1070. The zero-order valence-corrected chi connectivity index (χ0v) is 19.3. The topological polar surface area (TPSA) is 79.3 Å². The molecule has 2 aliphatic heterocycles. The highest BCUT2D eigenvalue weighted by molar-refractivity contribution is 6.46. The number of carbonyl (C=O) groups excluding carboxylic acids is 2. The highest BCUT2D eigenvalue weighted by atomic mass is 16.5. The molecule has 0 aliphatic carbocycles. The maximum Gasteiger partial charge on any atom is 0.295 e. The van der Waals surface area contributed by atoms with E-state index in [1.807, 2.05) is 38.1 Å². The summed E-state index contributed by atoms with van der Waals surface area (Å²) in [6.45, 7) is 7.80. The van der Waals surface area contributed by atoms with Crippen molar-refractivity contribution in [1.29, 1.82) is 0 Å². The molecule has 1 atom stereocenters. The molecule has 0 spiro atoms. The summed E-state index contributed by atoms with van der Waals surface area (Å²) in [6, 6.07) is 12.3. The number of ether oxygens (including phenoxy) is 2. The van der Waals surface area contributed by atoms with E-state index < -0.39 is 17.7 Å². The van der Waals surface area contributed by atoms with Gasteiger partial charge in [-0.25, -0.2) is 0 Å². The number of aliphatic hydroxyl groups is 1. The Kier molecular flexibility index (Phi) is 6.81. The van der Waals surface area contributed by atoms with Crippen LogP contribution in [0.1, 0.15) is 28.3 Å². The lowest BCUT2D eigenvalue weighted by molar-refractivity contribution is -0.140. The van der Waals surface area contributed by atoms with Gasteiger partial charge in [-0.05, 0) is 43.2 Å². The van der Waals surface area contributed by atoms with Gasteiger partial charge >= 0.3 is 0 Å². The Balaban J connectivity index is 1.74. The van der Waals surface area contributed by atoms with E-state index in [1.165, 1.54) is 0 Å². The fourth-order valence-corrected chi connectivity index (χ4v) is 4.46. The third-order valence-electron chi connectivity index (χ3n) is 6.36. The van der Waals surface area contributed by atoms with E-state index in [0.717, 1.165) is 29.8 Å². The summed E-state index contributed by atoms with van der Waals surface area (Å²) in [4.78, 5) is 30.1. The van der Waals surface area contributed by atoms with Crippen LogP contribution in [0.5, 0.6) is 5.75 Å². The normalized spacial score (nSPS) is 20.9. The average Bonchev–Trinajstić information content (AvgIpc) is 3.08. The first-order valence-corrected chi connectivity index (χ1v) is 11.2. The van der Waals surface area contributed by atoms with Gasteiger partial charge in [0.25, 0.3) is 11.7 Å². The first-order chi connectivity index (χ1) is 15.9. The van der Waals surface area contributed by atoms with Gasteiger partial charge in [0.1, 0.15) is 11.5 Å². The number of aliphatic hydroxyl groups excluding tert-OH is 1. The molecule has 0 bridgehead atoms. The smallest absolute Gasteiger partial charge is 0.295 e. The maximum absolute atomic E-state index is 13.2. The largest absolute Gasteiger partial charge is 0.507 e. The highest BCUT2D eigenvalue weighted by Crippen LogP contribution is 2.39. The van der Waals surface area contributed by atoms with Crippen molar-refractivity contribution in [2.45, 2.75) is 19.9 Å². The number of benzene rings is 2. The lowest BCUT2D eigenvalue weighted by Gasteiger charge is -2.31. The van der Waals surface area contributed by atoms with Crippen molar-refractivity contribution < 1.29 is 24.2 Å². The maximum atomic E-state index is 13.2. The summed E-state index contributed by atoms with van der Waals surface area (Å²) >= 11 is 0. The number of amides is 1. The molecule has 2 fully saturated rings. The first kappa shape index (κ1) is 23.0. The summed E-state index contributed by atoms with van der Waals surface area (Å²) < 4.78 is 10.7. The van der Waals surface area contributed by atoms with Crippen molar-refractivity contribution in [3.05, 3.63) is 70.3 Å². The Hall–Kier alpha value is -3.16. The third-order valence-corrected chi connectivity index (χ3v) is 6.36. The number of hydrogen-bond acceptors (Lipinski definition) is 6. The molecule has 0 radical (unpaired) electrons. The van der Waals surface area contributed by atoms with Crippen LogP contribution in [0, 0.1) is 13.8 Å². The minimum absolute atomic E-state index is 0.121. The summed E-state index contributed by atoms with van der Waals surface area (Å²) in [7, 11) is 1.58. The Labute approximate surface area is 194 Å². The number of hydrogen-bond donors (Lipinski definition) is 1. The summed E-state index contributed by atoms with van der Waals surface area (Å²) in [5, 5.41) is 11.2. The number of methoxy groups -OCH3 is 1. The van der Waals surface area contributed by atoms with Gasteiger partial charge in [-0.2, -0.15) is 0 Å². The van der Waals surface area contributed by atoms with E-state index in [2.05, 4.69) is 4.90 Å². The Morgan fingerprint density at radius 3 is 2.39 bits per heavy atom. The lowest BCUT2D eigenvalue weighted by Crippen LogP contribution is -2.42. The third kappa shape index (κ3) is 4.65. The number of Topliss-reactive ketones (excluding diaryl/α,β-unsaturated/α-hetero) is 1. The Morgan fingerprint density at radius 1 is 1.06 bits per heavy atom. The number of rotatable bonds is 6. The molecule has 0 aromatic heterocycles. The average molecular weight is 451 g/mol. The standard InChI is InChI=1S/C26H30N2O5/c1-17-4-6-19(7-5-17)23-22(24(29)20-8-9-21(32-3)18(2)16-20)25(30)26(31)28(23)11-10-27-12-14-33-15-13-27/h4-9,16,23,29H,10-15H2,1-3H3/b24-22-. The second-order valence-corrected chi connectivity index (χ2v) is 8.54. The van der Waals surface area contributed by atoms with Crippen LogP contribution in [0.15, 0.2) is 48.0 Å². The predicted molar refractivity (Wildman–Crippen MR) is 125 cm³/mol. The van der Waals surface area contributed by atoms with Crippen LogP contribution >= 0.6 is 0 Å². The van der Waals surface area contributed by atoms with Gasteiger partial charge in [0.15, 0.2) is 0 Å². The lowest BCUT2D eigenvalue weighted by atomic mass is 9.94. The van der Waals surface area contributed by atoms with Crippen LogP contribution < -0.4 is 4.74 Å². The number of likely N-dealkylation sites (tertiary alicyclic amines) is 1. The van der Waals surface area contributed by atoms with Crippen LogP contribution in [0.3, 0.4) is 0 Å². The molecule has 7 heteroatoms. The zero-order valence-electron chi connectivity index (χ0n) is 19.3. The zero-order chi connectivity index (χ0) is 23.5. The van der Waals surface area contributed by atoms with Crippen LogP contribution in [-0.2, 0) is 14.3 Å². The van der Waals surface area contributed by atoms with Crippen molar-refractivity contribution in [3.63, 3.8) is 0 Å². The van der Waals surface area contributed by atoms with Crippen LogP contribution in [-0.4, -0.2) is 73.1 Å². The van der Waals surface area contributed by atoms with Crippen molar-refractivity contribution in [2.75, 3.05) is 46.5 Å². The molecular weight excluding hydrogens is 420 g/mol. The SMILES string of the molecule is COc1ccc(/C(O)=C2/C(=O)C(=O)N(CCN3CCOCC3)C2c2ccc(C)cc2)cc1C. The molecule has 2 heterocycles. The van der Waals surface area contributed by atoms with Crippen molar-refractivity contribution >= 4 is 17.4 Å². The second-order valence-electron chi connectivity index (χ2n) is 8.54. The fourth-order valence-electron chi connectivity index (χ4n) is 4.46. The van der Waals surface area contributed by atoms with Gasteiger partial charge in [0.05, 0.1) is 31.9 Å². The Morgan fingerprint density at radius 2 is 1.76 bits per heavy atom. The molecule has 1 amide bonds. The molecule has 2 aromatic carbocycles. The number of nitrogens with zero attached hydrogens (tertiary/aromatic N) is 2.